The summed E-state index contributed by atoms with van der Waals surface area (Å²) in [5.41, 5.74) is 5.17. The van der Waals surface area contributed by atoms with Crippen molar-refractivity contribution in [2.75, 3.05) is 39.8 Å². The first-order chi connectivity index (χ1) is 14.5. The molecular formula is C25H33N3O2. The minimum atomic E-state index is -0.0640. The summed E-state index contributed by atoms with van der Waals surface area (Å²) in [6, 6.07) is 14.8. The molecule has 0 radical (unpaired) electrons. The van der Waals surface area contributed by atoms with Crippen LogP contribution in [0, 0.1) is 6.92 Å². The van der Waals surface area contributed by atoms with Gasteiger partial charge in [0.05, 0.1) is 13.2 Å². The van der Waals surface area contributed by atoms with Gasteiger partial charge in [-0.1, -0.05) is 42.0 Å². The molecule has 4 rings (SSSR count). The molecule has 1 amide bonds. The maximum absolute atomic E-state index is 13.2. The van der Waals surface area contributed by atoms with Gasteiger partial charge in [0.15, 0.2) is 0 Å². The zero-order valence-corrected chi connectivity index (χ0v) is 18.4. The molecule has 0 aromatic heterocycles. The van der Waals surface area contributed by atoms with Crippen LogP contribution in [0.1, 0.15) is 29.2 Å². The Kier molecular flexibility index (Phi) is 6.40. The third-order valence-corrected chi connectivity index (χ3v) is 6.58. The molecule has 0 aliphatic carbocycles. The average molecular weight is 408 g/mol. The highest BCUT2D eigenvalue weighted by atomic mass is 16.5. The van der Waals surface area contributed by atoms with Crippen LogP contribution >= 0.6 is 0 Å². The van der Waals surface area contributed by atoms with Crippen molar-refractivity contribution in [1.82, 2.24) is 14.7 Å². The highest BCUT2D eigenvalue weighted by Gasteiger charge is 2.30. The molecule has 0 saturated carbocycles. The van der Waals surface area contributed by atoms with E-state index in [1.54, 1.807) is 7.11 Å². The predicted molar refractivity (Wildman–Crippen MR) is 120 cm³/mol. The summed E-state index contributed by atoms with van der Waals surface area (Å²) in [5, 5.41) is 0. The largest absolute Gasteiger partial charge is 0.496 e. The quantitative estimate of drug-likeness (QED) is 0.763. The molecule has 160 valence electrons. The van der Waals surface area contributed by atoms with Gasteiger partial charge < -0.3 is 9.64 Å². The number of fused-ring (bicyclic) bond motifs is 1. The van der Waals surface area contributed by atoms with Gasteiger partial charge in [-0.05, 0) is 37.5 Å². The van der Waals surface area contributed by atoms with Crippen LogP contribution in [0.4, 0.5) is 0 Å². The summed E-state index contributed by atoms with van der Waals surface area (Å²) in [4.78, 5) is 20.0. The van der Waals surface area contributed by atoms with E-state index in [1.165, 1.54) is 22.3 Å². The fourth-order valence-electron chi connectivity index (χ4n) is 4.68. The zero-order chi connectivity index (χ0) is 21.1. The van der Waals surface area contributed by atoms with Crippen LogP contribution in [0.2, 0.25) is 0 Å². The van der Waals surface area contributed by atoms with Crippen LogP contribution in [0.15, 0.2) is 42.5 Å². The Balaban J connectivity index is 1.32. The topological polar surface area (TPSA) is 36.0 Å². The summed E-state index contributed by atoms with van der Waals surface area (Å²) in [5.74, 6) is 1.22. The molecule has 2 aliphatic rings. The van der Waals surface area contributed by atoms with Crippen molar-refractivity contribution in [2.24, 2.45) is 0 Å². The van der Waals surface area contributed by atoms with Gasteiger partial charge in [0.1, 0.15) is 5.75 Å². The van der Waals surface area contributed by atoms with E-state index in [9.17, 15) is 4.79 Å². The first kappa shape index (κ1) is 20.9. The van der Waals surface area contributed by atoms with Crippen molar-refractivity contribution in [1.29, 1.82) is 0 Å². The van der Waals surface area contributed by atoms with Crippen molar-refractivity contribution < 1.29 is 9.53 Å². The molecule has 1 fully saturated rings. The molecule has 5 heteroatoms. The number of hydrogen-bond acceptors (Lipinski definition) is 4. The predicted octanol–water partition coefficient (Wildman–Crippen LogP) is 3.09. The monoisotopic (exact) mass is 407 g/mol. The van der Waals surface area contributed by atoms with Crippen LogP contribution in [-0.2, 0) is 24.3 Å². The van der Waals surface area contributed by atoms with Gasteiger partial charge in [-0.15, -0.1) is 0 Å². The van der Waals surface area contributed by atoms with Gasteiger partial charge in [0.2, 0.25) is 5.91 Å². The Bertz CT molecular complexity index is 890. The number of ether oxygens (including phenoxy) is 1. The van der Waals surface area contributed by atoms with Crippen LogP contribution in [0.3, 0.4) is 0 Å². The number of benzene rings is 2. The lowest BCUT2D eigenvalue weighted by Gasteiger charge is -2.40. The van der Waals surface area contributed by atoms with Crippen molar-refractivity contribution in [2.45, 2.75) is 39.4 Å². The summed E-state index contributed by atoms with van der Waals surface area (Å²) >= 11 is 0. The van der Waals surface area contributed by atoms with Crippen LogP contribution < -0.4 is 4.74 Å². The first-order valence-corrected chi connectivity index (χ1v) is 11.0. The maximum atomic E-state index is 13.2. The SMILES string of the molecule is COc1ccc(C)cc1CN1CCN([C@H](C)C(=O)N2CCc3ccccc3C2)CC1. The van der Waals surface area contributed by atoms with E-state index < -0.39 is 0 Å². The molecule has 2 aromatic rings. The summed E-state index contributed by atoms with van der Waals surface area (Å²) in [6.45, 7) is 10.4. The number of nitrogens with zero attached hydrogens (tertiary/aromatic N) is 3. The average Bonchev–Trinajstić information content (AvgIpc) is 2.78. The molecule has 0 bridgehead atoms. The Morgan fingerprint density at radius 3 is 2.50 bits per heavy atom. The summed E-state index contributed by atoms with van der Waals surface area (Å²) in [6.07, 6.45) is 0.959. The van der Waals surface area contributed by atoms with Gasteiger partial charge in [0.25, 0.3) is 0 Å². The van der Waals surface area contributed by atoms with E-state index in [0.29, 0.717) is 0 Å². The van der Waals surface area contributed by atoms with Gasteiger partial charge in [-0.3, -0.25) is 14.6 Å². The second-order valence-corrected chi connectivity index (χ2v) is 8.58. The van der Waals surface area contributed by atoms with Crippen LogP contribution in [0.25, 0.3) is 0 Å². The van der Waals surface area contributed by atoms with Crippen molar-refractivity contribution in [3.8, 4) is 5.75 Å². The van der Waals surface area contributed by atoms with E-state index in [1.807, 2.05) is 4.90 Å². The van der Waals surface area contributed by atoms with Crippen molar-refractivity contribution in [3.05, 3.63) is 64.7 Å². The molecule has 0 unspecified atom stereocenters. The van der Waals surface area contributed by atoms with Gasteiger partial charge >= 0.3 is 0 Å². The normalized spacial score (nSPS) is 18.7. The summed E-state index contributed by atoms with van der Waals surface area (Å²) < 4.78 is 5.54. The third kappa shape index (κ3) is 4.52. The standard InChI is InChI=1S/C25H33N3O2/c1-19-8-9-24(30-3)23(16-19)17-26-12-14-27(15-13-26)20(2)25(29)28-11-10-21-6-4-5-7-22(21)18-28/h4-9,16,20H,10-15,17-18H2,1-3H3/t20-/m1/s1. The molecule has 5 nitrogen and oxygen atoms in total. The lowest BCUT2D eigenvalue weighted by atomic mass is 9.99. The number of carbonyl (C=O) groups excluding carboxylic acids is 1. The highest BCUT2D eigenvalue weighted by molar-refractivity contribution is 5.81. The fourth-order valence-corrected chi connectivity index (χ4v) is 4.68. The minimum absolute atomic E-state index is 0.0640. The van der Waals surface area contributed by atoms with Gasteiger partial charge in [-0.2, -0.15) is 0 Å². The van der Waals surface area contributed by atoms with Gasteiger partial charge in [-0.25, -0.2) is 0 Å². The lowest BCUT2D eigenvalue weighted by molar-refractivity contribution is -0.138. The van der Waals surface area contributed by atoms with Crippen molar-refractivity contribution in [3.63, 3.8) is 0 Å². The Morgan fingerprint density at radius 2 is 1.77 bits per heavy atom. The molecule has 1 atom stereocenters. The van der Waals surface area contributed by atoms with Crippen molar-refractivity contribution >= 4 is 5.91 Å². The fraction of sp³-hybridized carbons (Fsp3) is 0.480. The number of amides is 1. The van der Waals surface area contributed by atoms with E-state index in [-0.39, 0.29) is 11.9 Å². The first-order valence-electron chi connectivity index (χ1n) is 11.0. The number of hydrogen-bond donors (Lipinski definition) is 0. The van der Waals surface area contributed by atoms with Crippen LogP contribution in [0.5, 0.6) is 5.75 Å². The molecule has 1 saturated heterocycles. The van der Waals surface area contributed by atoms with E-state index in [2.05, 4.69) is 66.1 Å². The Labute approximate surface area is 180 Å². The highest BCUT2D eigenvalue weighted by Crippen LogP contribution is 2.23. The minimum Gasteiger partial charge on any atom is -0.496 e. The smallest absolute Gasteiger partial charge is 0.239 e. The van der Waals surface area contributed by atoms with Gasteiger partial charge in [0, 0.05) is 51.4 Å². The maximum Gasteiger partial charge on any atom is 0.239 e. The number of rotatable bonds is 5. The Hall–Kier alpha value is -2.37. The van der Waals surface area contributed by atoms with E-state index in [4.69, 9.17) is 4.74 Å². The van der Waals surface area contributed by atoms with Crippen LogP contribution in [-0.4, -0.2) is 66.5 Å². The Morgan fingerprint density at radius 1 is 1.03 bits per heavy atom. The number of carbonyl (C=O) groups is 1. The third-order valence-electron chi connectivity index (χ3n) is 6.58. The van der Waals surface area contributed by atoms with E-state index in [0.717, 1.165) is 58.0 Å². The second kappa shape index (κ2) is 9.19. The molecule has 30 heavy (non-hydrogen) atoms. The zero-order valence-electron chi connectivity index (χ0n) is 18.4. The molecule has 2 heterocycles. The summed E-state index contributed by atoms with van der Waals surface area (Å²) in [7, 11) is 1.73. The van der Waals surface area contributed by atoms with E-state index >= 15 is 0 Å². The number of methoxy groups -OCH3 is 1. The second-order valence-electron chi connectivity index (χ2n) is 8.58. The molecule has 2 aliphatic heterocycles. The lowest BCUT2D eigenvalue weighted by Crippen LogP contribution is -2.54. The number of piperazine rings is 1. The molecule has 0 N–H and O–H groups in total. The number of aryl methyl sites for hydroxylation is 1. The molecule has 2 aromatic carbocycles. The molecular weight excluding hydrogens is 374 g/mol. The molecule has 0 spiro atoms.